The third-order valence-corrected chi connectivity index (χ3v) is 4.64. The number of likely N-dealkylation sites (N-methyl/N-ethyl adjacent to an activating group) is 1. The highest BCUT2D eigenvalue weighted by molar-refractivity contribution is 7.89. The number of rotatable bonds is 5. The first kappa shape index (κ1) is 14.9. The summed E-state index contributed by atoms with van der Waals surface area (Å²) in [5.74, 6) is -1.07. The molecule has 1 aromatic heterocycles. The summed E-state index contributed by atoms with van der Waals surface area (Å²) in [6.07, 6.45) is 4.13. The van der Waals surface area contributed by atoms with E-state index in [1.165, 1.54) is 6.20 Å². The average molecular weight is 302 g/mol. The monoisotopic (exact) mass is 302 g/mol. The lowest BCUT2D eigenvalue weighted by molar-refractivity contribution is -0.137. The summed E-state index contributed by atoms with van der Waals surface area (Å²) in [6.45, 7) is 1.28. The largest absolute Gasteiger partial charge is 0.480 e. The van der Waals surface area contributed by atoms with Crippen LogP contribution in [0.5, 0.6) is 0 Å². The Kier molecular flexibility index (Phi) is 4.41. The molecule has 112 valence electrons. The van der Waals surface area contributed by atoms with Crippen molar-refractivity contribution in [3.8, 4) is 0 Å². The normalized spacial score (nSPS) is 20.9. The maximum Gasteiger partial charge on any atom is 0.325 e. The Hall–Kier alpha value is -1.45. The number of nitrogens with one attached hydrogen (secondary N) is 1. The smallest absolute Gasteiger partial charge is 0.325 e. The Balaban J connectivity index is 2.06. The number of aromatic nitrogens is 2. The van der Waals surface area contributed by atoms with E-state index >= 15 is 0 Å². The summed E-state index contributed by atoms with van der Waals surface area (Å²) >= 11 is 0. The third-order valence-electron chi connectivity index (χ3n) is 3.16. The number of hydrogen-bond acceptors (Lipinski definition) is 5. The van der Waals surface area contributed by atoms with Gasteiger partial charge in [-0.3, -0.25) is 9.48 Å². The number of carboxylic acids is 1. The second-order valence-electron chi connectivity index (χ2n) is 4.99. The van der Waals surface area contributed by atoms with Gasteiger partial charge in [-0.2, -0.15) is 5.10 Å². The molecule has 0 aliphatic carbocycles. The highest BCUT2D eigenvalue weighted by atomic mass is 32.2. The Morgan fingerprint density at radius 2 is 2.35 bits per heavy atom. The molecule has 0 bridgehead atoms. The Morgan fingerprint density at radius 1 is 1.60 bits per heavy atom. The van der Waals surface area contributed by atoms with E-state index in [-0.39, 0.29) is 17.5 Å². The van der Waals surface area contributed by atoms with E-state index in [9.17, 15) is 13.2 Å². The minimum atomic E-state index is -3.65. The molecule has 9 heteroatoms. The lowest BCUT2D eigenvalue weighted by Gasteiger charge is -2.29. The SMILES string of the molecule is CN1CCCC(NS(=O)(=O)c2cnn(CC(=O)O)c2)C1. The molecule has 1 atom stereocenters. The predicted molar refractivity (Wildman–Crippen MR) is 70.7 cm³/mol. The van der Waals surface area contributed by atoms with E-state index in [1.54, 1.807) is 0 Å². The maximum atomic E-state index is 12.2. The first-order chi connectivity index (χ1) is 9.37. The fraction of sp³-hybridized carbons (Fsp3) is 0.636. The standard InChI is InChI=1S/C11H18N4O4S/c1-14-4-2-3-9(6-14)13-20(18,19)10-5-12-15(7-10)8-11(16)17/h5,7,9,13H,2-4,6,8H2,1H3,(H,16,17). The molecule has 0 aromatic carbocycles. The molecular weight excluding hydrogens is 284 g/mol. The minimum Gasteiger partial charge on any atom is -0.480 e. The molecular formula is C11H18N4O4S. The van der Waals surface area contributed by atoms with Crippen molar-refractivity contribution in [1.82, 2.24) is 19.4 Å². The fourth-order valence-corrected chi connectivity index (χ4v) is 3.47. The summed E-state index contributed by atoms with van der Waals surface area (Å²) in [5, 5.41) is 12.4. The van der Waals surface area contributed by atoms with Gasteiger partial charge in [0.05, 0.1) is 6.20 Å². The van der Waals surface area contributed by atoms with E-state index in [4.69, 9.17) is 5.11 Å². The number of hydrogen-bond donors (Lipinski definition) is 2. The molecule has 0 spiro atoms. The molecule has 2 heterocycles. The van der Waals surface area contributed by atoms with Crippen molar-refractivity contribution >= 4 is 16.0 Å². The molecule has 2 rings (SSSR count). The van der Waals surface area contributed by atoms with Crippen molar-refractivity contribution in [3.05, 3.63) is 12.4 Å². The number of nitrogens with zero attached hydrogens (tertiary/aromatic N) is 3. The highest BCUT2D eigenvalue weighted by Crippen LogP contribution is 2.13. The quantitative estimate of drug-likeness (QED) is 0.748. The minimum absolute atomic E-state index is 0.00743. The van der Waals surface area contributed by atoms with Crippen LogP contribution in [0.15, 0.2) is 17.3 Å². The number of aliphatic carboxylic acids is 1. The van der Waals surface area contributed by atoms with Gasteiger partial charge in [0.15, 0.2) is 0 Å². The van der Waals surface area contributed by atoms with Crippen molar-refractivity contribution in [2.75, 3.05) is 20.1 Å². The Labute approximate surface area is 117 Å². The third kappa shape index (κ3) is 3.78. The van der Waals surface area contributed by atoms with Gasteiger partial charge in [-0.1, -0.05) is 0 Å². The van der Waals surface area contributed by atoms with Crippen LogP contribution in [0.3, 0.4) is 0 Å². The summed E-state index contributed by atoms with van der Waals surface area (Å²) in [4.78, 5) is 12.6. The van der Waals surface area contributed by atoms with Crippen LogP contribution in [-0.4, -0.2) is 60.4 Å². The van der Waals surface area contributed by atoms with Crippen LogP contribution in [0, 0.1) is 0 Å². The predicted octanol–water partition coefficient (Wildman–Crippen LogP) is -0.660. The summed E-state index contributed by atoms with van der Waals surface area (Å²) < 4.78 is 28.1. The molecule has 1 fully saturated rings. The second-order valence-corrected chi connectivity index (χ2v) is 6.70. The maximum absolute atomic E-state index is 12.2. The van der Waals surface area contributed by atoms with Crippen molar-refractivity contribution in [2.45, 2.75) is 30.3 Å². The van der Waals surface area contributed by atoms with Gasteiger partial charge in [0.2, 0.25) is 10.0 Å². The topological polar surface area (TPSA) is 105 Å². The number of likely N-dealkylation sites (tertiary alicyclic amines) is 1. The van der Waals surface area contributed by atoms with Crippen LogP contribution < -0.4 is 4.72 Å². The summed E-state index contributed by atoms with van der Waals surface area (Å²) in [5.41, 5.74) is 0. The molecule has 1 aliphatic heterocycles. The number of sulfonamides is 1. The van der Waals surface area contributed by atoms with Crippen molar-refractivity contribution < 1.29 is 18.3 Å². The van der Waals surface area contributed by atoms with Crippen LogP contribution in [0.25, 0.3) is 0 Å². The van der Waals surface area contributed by atoms with Crippen molar-refractivity contribution in [3.63, 3.8) is 0 Å². The zero-order chi connectivity index (χ0) is 14.8. The molecule has 8 nitrogen and oxygen atoms in total. The average Bonchev–Trinajstić information content (AvgIpc) is 2.76. The number of carboxylic acid groups (broad SMARTS) is 1. The zero-order valence-electron chi connectivity index (χ0n) is 11.2. The van der Waals surface area contributed by atoms with Gasteiger partial charge in [0, 0.05) is 18.8 Å². The molecule has 0 saturated carbocycles. The summed E-state index contributed by atoms with van der Waals surface area (Å²) in [7, 11) is -1.70. The fourth-order valence-electron chi connectivity index (χ4n) is 2.26. The second kappa shape index (κ2) is 5.90. The van der Waals surface area contributed by atoms with Crippen LogP contribution in [0.1, 0.15) is 12.8 Å². The Bertz CT molecular complexity index is 583. The molecule has 1 unspecified atom stereocenters. The van der Waals surface area contributed by atoms with Gasteiger partial charge >= 0.3 is 5.97 Å². The molecule has 1 aromatic rings. The number of piperidine rings is 1. The van der Waals surface area contributed by atoms with Crippen LogP contribution in [-0.2, 0) is 21.4 Å². The first-order valence-corrected chi connectivity index (χ1v) is 7.80. The van der Waals surface area contributed by atoms with Gasteiger partial charge in [0.25, 0.3) is 0 Å². The summed E-state index contributed by atoms with van der Waals surface area (Å²) in [6, 6.07) is -0.124. The molecule has 1 saturated heterocycles. The molecule has 1 aliphatic rings. The van der Waals surface area contributed by atoms with E-state index < -0.39 is 16.0 Å². The van der Waals surface area contributed by atoms with E-state index in [2.05, 4.69) is 14.7 Å². The van der Waals surface area contributed by atoms with E-state index in [1.807, 2.05) is 7.05 Å². The van der Waals surface area contributed by atoms with Crippen LogP contribution in [0.2, 0.25) is 0 Å². The van der Waals surface area contributed by atoms with Gasteiger partial charge < -0.3 is 10.0 Å². The highest BCUT2D eigenvalue weighted by Gasteiger charge is 2.24. The molecule has 2 N–H and O–H groups in total. The van der Waals surface area contributed by atoms with Crippen molar-refractivity contribution in [2.24, 2.45) is 0 Å². The number of carbonyl (C=O) groups is 1. The molecule has 0 radical (unpaired) electrons. The zero-order valence-corrected chi connectivity index (χ0v) is 12.0. The lowest BCUT2D eigenvalue weighted by atomic mass is 10.1. The first-order valence-electron chi connectivity index (χ1n) is 6.32. The lowest BCUT2D eigenvalue weighted by Crippen LogP contribution is -2.46. The van der Waals surface area contributed by atoms with Gasteiger partial charge in [-0.05, 0) is 26.4 Å². The van der Waals surface area contributed by atoms with Gasteiger partial charge in [-0.25, -0.2) is 13.1 Å². The van der Waals surface area contributed by atoms with Gasteiger partial charge in [0.1, 0.15) is 11.4 Å². The van der Waals surface area contributed by atoms with Gasteiger partial charge in [-0.15, -0.1) is 0 Å². The molecule has 0 amide bonds. The van der Waals surface area contributed by atoms with E-state index in [0.29, 0.717) is 6.54 Å². The van der Waals surface area contributed by atoms with E-state index in [0.717, 1.165) is 30.3 Å². The van der Waals surface area contributed by atoms with Crippen molar-refractivity contribution in [1.29, 1.82) is 0 Å². The molecule has 20 heavy (non-hydrogen) atoms. The van der Waals surface area contributed by atoms with Crippen LogP contribution in [0.4, 0.5) is 0 Å². The van der Waals surface area contributed by atoms with Crippen LogP contribution >= 0.6 is 0 Å². The Morgan fingerprint density at radius 3 is 3.00 bits per heavy atom.